The van der Waals surface area contributed by atoms with E-state index in [4.69, 9.17) is 14.2 Å². The summed E-state index contributed by atoms with van der Waals surface area (Å²) in [5, 5.41) is 2.96. The summed E-state index contributed by atoms with van der Waals surface area (Å²) in [6.45, 7) is 5.64. The first-order valence-electron chi connectivity index (χ1n) is 10.2. The molecule has 1 saturated heterocycles. The summed E-state index contributed by atoms with van der Waals surface area (Å²) in [5.41, 5.74) is 2.13. The van der Waals surface area contributed by atoms with E-state index in [0.717, 1.165) is 49.8 Å². The second-order valence-corrected chi connectivity index (χ2v) is 7.26. The first-order valence-corrected chi connectivity index (χ1v) is 10.2. The maximum atomic E-state index is 12.1. The molecule has 2 aromatic rings. The number of benzene rings is 2. The van der Waals surface area contributed by atoms with Gasteiger partial charge in [0.1, 0.15) is 5.75 Å². The van der Waals surface area contributed by atoms with Gasteiger partial charge >= 0.3 is 0 Å². The summed E-state index contributed by atoms with van der Waals surface area (Å²) in [6.07, 6.45) is 3.34. The first-order chi connectivity index (χ1) is 14.7. The van der Waals surface area contributed by atoms with E-state index in [-0.39, 0.29) is 12.7 Å². The van der Waals surface area contributed by atoms with Crippen molar-refractivity contribution in [3.63, 3.8) is 0 Å². The van der Waals surface area contributed by atoms with Crippen molar-refractivity contribution in [3.05, 3.63) is 54.1 Å². The number of carbonyl (C=O) groups is 1. The smallest absolute Gasteiger partial charge is 0.244 e. The van der Waals surface area contributed by atoms with E-state index in [1.54, 1.807) is 19.3 Å². The van der Waals surface area contributed by atoms with Crippen LogP contribution in [0.3, 0.4) is 0 Å². The standard InChI is InChI=1S/C23H27N3O4/c1-28-20-6-4-19(5-7-20)26-14-12-25(13-15-26)11-10-24-23(27)9-3-18-2-8-21-22(16-18)30-17-29-21/h2-9,16H,10-15,17H2,1H3,(H,24,27)/b9-3+. The fourth-order valence-corrected chi connectivity index (χ4v) is 3.61. The Morgan fingerprint density at radius 1 is 1.07 bits per heavy atom. The molecule has 0 unspecified atom stereocenters. The molecule has 1 fully saturated rings. The SMILES string of the molecule is COc1ccc(N2CCN(CCNC(=O)/C=C/c3ccc4c(c3)OCO4)CC2)cc1. The Morgan fingerprint density at radius 3 is 2.60 bits per heavy atom. The number of ether oxygens (including phenoxy) is 3. The van der Waals surface area contributed by atoms with Crippen molar-refractivity contribution >= 4 is 17.7 Å². The highest BCUT2D eigenvalue weighted by molar-refractivity contribution is 5.91. The molecule has 158 valence electrons. The molecular weight excluding hydrogens is 382 g/mol. The number of nitrogens with zero attached hydrogens (tertiary/aromatic N) is 2. The van der Waals surface area contributed by atoms with Crippen LogP contribution in [0.2, 0.25) is 0 Å². The van der Waals surface area contributed by atoms with Crippen molar-refractivity contribution in [2.75, 3.05) is 58.1 Å². The van der Waals surface area contributed by atoms with Crippen molar-refractivity contribution in [2.24, 2.45) is 0 Å². The van der Waals surface area contributed by atoms with Crippen LogP contribution in [0.25, 0.3) is 6.08 Å². The van der Waals surface area contributed by atoms with E-state index < -0.39 is 0 Å². The quantitative estimate of drug-likeness (QED) is 0.709. The Labute approximate surface area is 176 Å². The monoisotopic (exact) mass is 409 g/mol. The molecule has 4 rings (SSSR count). The number of hydrogen-bond acceptors (Lipinski definition) is 6. The molecule has 2 aliphatic rings. The maximum absolute atomic E-state index is 12.1. The number of nitrogens with one attached hydrogen (secondary N) is 1. The molecule has 7 heteroatoms. The van der Waals surface area contributed by atoms with Gasteiger partial charge < -0.3 is 24.4 Å². The van der Waals surface area contributed by atoms with Gasteiger partial charge in [-0.2, -0.15) is 0 Å². The van der Waals surface area contributed by atoms with Gasteiger partial charge in [-0.3, -0.25) is 9.69 Å². The summed E-state index contributed by atoms with van der Waals surface area (Å²) >= 11 is 0. The van der Waals surface area contributed by atoms with Crippen LogP contribution in [0, 0.1) is 0 Å². The third-order valence-electron chi connectivity index (χ3n) is 5.36. The third kappa shape index (κ3) is 5.04. The van der Waals surface area contributed by atoms with Crippen LogP contribution in [-0.2, 0) is 4.79 Å². The minimum Gasteiger partial charge on any atom is -0.497 e. The normalized spacial score (nSPS) is 16.1. The molecule has 7 nitrogen and oxygen atoms in total. The molecule has 2 aliphatic heterocycles. The van der Waals surface area contributed by atoms with Gasteiger partial charge in [0.05, 0.1) is 7.11 Å². The Bertz CT molecular complexity index is 890. The molecule has 0 aliphatic carbocycles. The molecule has 1 amide bonds. The fourth-order valence-electron chi connectivity index (χ4n) is 3.61. The number of hydrogen-bond donors (Lipinski definition) is 1. The van der Waals surface area contributed by atoms with Crippen LogP contribution in [0.5, 0.6) is 17.2 Å². The lowest BCUT2D eigenvalue weighted by molar-refractivity contribution is -0.116. The number of anilines is 1. The van der Waals surface area contributed by atoms with E-state index in [0.29, 0.717) is 12.3 Å². The number of amides is 1. The van der Waals surface area contributed by atoms with E-state index in [2.05, 4.69) is 27.2 Å². The maximum Gasteiger partial charge on any atom is 0.244 e. The minimum absolute atomic E-state index is 0.0930. The summed E-state index contributed by atoms with van der Waals surface area (Å²) < 4.78 is 15.9. The van der Waals surface area contributed by atoms with E-state index >= 15 is 0 Å². The van der Waals surface area contributed by atoms with Gasteiger partial charge in [-0.25, -0.2) is 0 Å². The van der Waals surface area contributed by atoms with Crippen molar-refractivity contribution in [2.45, 2.75) is 0 Å². The summed E-state index contributed by atoms with van der Waals surface area (Å²) in [6, 6.07) is 13.8. The molecule has 0 atom stereocenters. The molecule has 1 N–H and O–H groups in total. The van der Waals surface area contributed by atoms with Gasteiger partial charge in [-0.05, 0) is 48.0 Å². The lowest BCUT2D eigenvalue weighted by atomic mass is 10.2. The molecule has 0 bridgehead atoms. The van der Waals surface area contributed by atoms with Gasteiger partial charge in [0, 0.05) is 51.0 Å². The van der Waals surface area contributed by atoms with Gasteiger partial charge in [-0.1, -0.05) is 6.07 Å². The van der Waals surface area contributed by atoms with Crippen LogP contribution in [0.15, 0.2) is 48.5 Å². The third-order valence-corrected chi connectivity index (χ3v) is 5.36. The van der Waals surface area contributed by atoms with Crippen LogP contribution in [0.1, 0.15) is 5.56 Å². The topological polar surface area (TPSA) is 63.3 Å². The molecule has 0 aromatic heterocycles. The van der Waals surface area contributed by atoms with Crippen LogP contribution in [0.4, 0.5) is 5.69 Å². The Morgan fingerprint density at radius 2 is 1.83 bits per heavy atom. The fraction of sp³-hybridized carbons (Fsp3) is 0.348. The largest absolute Gasteiger partial charge is 0.497 e. The number of rotatable bonds is 7. The summed E-state index contributed by atoms with van der Waals surface area (Å²) in [4.78, 5) is 16.8. The lowest BCUT2D eigenvalue weighted by Crippen LogP contribution is -2.48. The summed E-state index contributed by atoms with van der Waals surface area (Å²) in [7, 11) is 1.68. The zero-order valence-electron chi connectivity index (χ0n) is 17.2. The molecule has 2 aromatic carbocycles. The van der Waals surface area contributed by atoms with Gasteiger partial charge in [0.15, 0.2) is 11.5 Å². The lowest BCUT2D eigenvalue weighted by Gasteiger charge is -2.36. The minimum atomic E-state index is -0.0930. The predicted octanol–water partition coefficient (Wildman–Crippen LogP) is 2.38. The molecule has 0 saturated carbocycles. The Hall–Kier alpha value is -3.19. The van der Waals surface area contributed by atoms with Crippen LogP contribution < -0.4 is 24.4 Å². The van der Waals surface area contributed by atoms with E-state index in [1.807, 2.05) is 30.3 Å². The zero-order chi connectivity index (χ0) is 20.8. The molecular formula is C23H27N3O4. The van der Waals surface area contributed by atoms with E-state index in [9.17, 15) is 4.79 Å². The van der Waals surface area contributed by atoms with E-state index in [1.165, 1.54) is 5.69 Å². The van der Waals surface area contributed by atoms with Crippen molar-refractivity contribution in [1.29, 1.82) is 0 Å². The molecule has 30 heavy (non-hydrogen) atoms. The van der Waals surface area contributed by atoms with Crippen LogP contribution in [-0.4, -0.2) is 64.0 Å². The van der Waals surface area contributed by atoms with Gasteiger partial charge in [-0.15, -0.1) is 0 Å². The second kappa shape index (κ2) is 9.54. The number of methoxy groups -OCH3 is 1. The highest BCUT2D eigenvalue weighted by atomic mass is 16.7. The second-order valence-electron chi connectivity index (χ2n) is 7.26. The zero-order valence-corrected chi connectivity index (χ0v) is 17.2. The van der Waals surface area contributed by atoms with Crippen molar-refractivity contribution in [3.8, 4) is 17.2 Å². The first kappa shape index (κ1) is 20.1. The van der Waals surface area contributed by atoms with Crippen LogP contribution >= 0.6 is 0 Å². The number of piperazine rings is 1. The number of fused-ring (bicyclic) bond motifs is 1. The Kier molecular flexibility index (Phi) is 6.39. The van der Waals surface area contributed by atoms with Crippen molar-refractivity contribution in [1.82, 2.24) is 10.2 Å². The Balaban J connectivity index is 1.16. The molecule has 0 spiro atoms. The highest BCUT2D eigenvalue weighted by Crippen LogP contribution is 2.32. The highest BCUT2D eigenvalue weighted by Gasteiger charge is 2.17. The average molecular weight is 409 g/mol. The average Bonchev–Trinajstić information content (AvgIpc) is 3.26. The van der Waals surface area contributed by atoms with Gasteiger partial charge in [0.2, 0.25) is 12.7 Å². The predicted molar refractivity (Wildman–Crippen MR) is 116 cm³/mol. The molecule has 0 radical (unpaired) electrons. The molecule has 2 heterocycles. The number of carbonyl (C=O) groups excluding carboxylic acids is 1. The van der Waals surface area contributed by atoms with Gasteiger partial charge in [0.25, 0.3) is 0 Å². The van der Waals surface area contributed by atoms with Crippen molar-refractivity contribution < 1.29 is 19.0 Å². The summed E-state index contributed by atoms with van der Waals surface area (Å²) in [5.74, 6) is 2.24.